The molecule has 1 aromatic carbocycles. The first-order chi connectivity index (χ1) is 13.4. The highest BCUT2D eigenvalue weighted by molar-refractivity contribution is 7.12. The van der Waals surface area contributed by atoms with Crippen LogP contribution >= 0.6 is 11.3 Å². The average molecular weight is 407 g/mol. The molecule has 0 spiro atoms. The van der Waals surface area contributed by atoms with Gasteiger partial charge in [-0.25, -0.2) is 4.39 Å². The molecule has 3 N–H and O–H groups in total. The summed E-state index contributed by atoms with van der Waals surface area (Å²) in [6, 6.07) is 8.92. The molecule has 3 amide bonds. The van der Waals surface area contributed by atoms with Crippen molar-refractivity contribution in [3.05, 3.63) is 58.0 Å². The monoisotopic (exact) mass is 407 g/mol. The number of carbonyl (C=O) groups is 4. The van der Waals surface area contributed by atoms with Crippen molar-refractivity contribution in [2.45, 2.75) is 6.54 Å². The fourth-order valence-corrected chi connectivity index (χ4v) is 2.58. The number of nitrogens with one attached hydrogen (secondary N) is 3. The molecule has 0 bridgehead atoms. The van der Waals surface area contributed by atoms with Crippen molar-refractivity contribution in [2.24, 2.45) is 0 Å². The van der Waals surface area contributed by atoms with Crippen molar-refractivity contribution in [1.82, 2.24) is 16.0 Å². The third-order valence-corrected chi connectivity index (χ3v) is 4.22. The number of hydrogen-bond donors (Lipinski definition) is 3. The van der Waals surface area contributed by atoms with Crippen LogP contribution in [0, 0.1) is 5.82 Å². The molecule has 0 radical (unpaired) electrons. The molecule has 2 aromatic rings. The molecule has 0 fully saturated rings. The number of esters is 1. The van der Waals surface area contributed by atoms with E-state index in [1.807, 2.05) is 0 Å². The molecule has 10 heteroatoms. The molecule has 148 valence electrons. The number of rotatable bonds is 9. The van der Waals surface area contributed by atoms with Crippen LogP contribution in [0.1, 0.15) is 15.2 Å². The van der Waals surface area contributed by atoms with Crippen LogP contribution in [0.25, 0.3) is 0 Å². The highest BCUT2D eigenvalue weighted by Crippen LogP contribution is 2.07. The molecule has 1 heterocycles. The topological polar surface area (TPSA) is 114 Å². The summed E-state index contributed by atoms with van der Waals surface area (Å²) in [5.41, 5.74) is 0.693. The average Bonchev–Trinajstić information content (AvgIpc) is 3.23. The molecule has 0 unspecified atom stereocenters. The van der Waals surface area contributed by atoms with E-state index in [0.717, 1.165) is 0 Å². The second kappa shape index (κ2) is 10.8. The van der Waals surface area contributed by atoms with Gasteiger partial charge in [0.1, 0.15) is 12.4 Å². The lowest BCUT2D eigenvalue weighted by Gasteiger charge is -2.08. The van der Waals surface area contributed by atoms with Gasteiger partial charge in [0.05, 0.1) is 11.4 Å². The third kappa shape index (κ3) is 7.54. The molecule has 8 nitrogen and oxygen atoms in total. The fraction of sp³-hybridized carbons (Fsp3) is 0.222. The van der Waals surface area contributed by atoms with Crippen molar-refractivity contribution in [1.29, 1.82) is 0 Å². The van der Waals surface area contributed by atoms with Crippen LogP contribution in [0.5, 0.6) is 0 Å². The summed E-state index contributed by atoms with van der Waals surface area (Å²) in [6.07, 6.45) is 0. The van der Waals surface area contributed by atoms with E-state index in [0.29, 0.717) is 10.4 Å². The van der Waals surface area contributed by atoms with E-state index in [2.05, 4.69) is 16.0 Å². The van der Waals surface area contributed by atoms with Gasteiger partial charge in [0.2, 0.25) is 5.91 Å². The molecule has 0 aliphatic carbocycles. The lowest BCUT2D eigenvalue weighted by Crippen LogP contribution is -2.39. The Labute approximate surface area is 164 Å². The first-order valence-corrected chi connectivity index (χ1v) is 9.07. The zero-order valence-corrected chi connectivity index (χ0v) is 15.5. The van der Waals surface area contributed by atoms with E-state index in [9.17, 15) is 23.6 Å². The van der Waals surface area contributed by atoms with E-state index in [4.69, 9.17) is 4.74 Å². The van der Waals surface area contributed by atoms with E-state index in [1.165, 1.54) is 35.6 Å². The van der Waals surface area contributed by atoms with E-state index < -0.39 is 30.9 Å². The zero-order chi connectivity index (χ0) is 20.4. The van der Waals surface area contributed by atoms with Crippen LogP contribution in [0.2, 0.25) is 0 Å². The van der Waals surface area contributed by atoms with E-state index in [-0.39, 0.29) is 24.8 Å². The van der Waals surface area contributed by atoms with Gasteiger partial charge in [-0.05, 0) is 29.1 Å². The summed E-state index contributed by atoms with van der Waals surface area (Å²) in [4.78, 5) is 46.9. The Morgan fingerprint density at radius 2 is 1.68 bits per heavy atom. The van der Waals surface area contributed by atoms with E-state index in [1.54, 1.807) is 17.5 Å². The van der Waals surface area contributed by atoms with Gasteiger partial charge in [0.25, 0.3) is 11.8 Å². The summed E-state index contributed by atoms with van der Waals surface area (Å²) >= 11 is 1.24. The Kier molecular flexibility index (Phi) is 8.10. The largest absolute Gasteiger partial charge is 0.454 e. The third-order valence-electron chi connectivity index (χ3n) is 3.35. The number of hydrogen-bond acceptors (Lipinski definition) is 6. The number of carbonyl (C=O) groups excluding carboxylic acids is 4. The highest BCUT2D eigenvalue weighted by atomic mass is 32.1. The van der Waals surface area contributed by atoms with Crippen molar-refractivity contribution < 1.29 is 28.3 Å². The second-order valence-electron chi connectivity index (χ2n) is 5.50. The number of thiophene rings is 1. The standard InChI is InChI=1S/C18H18FN3O5S/c19-13-5-3-12(4-6-13)8-20-16(24)11-27-17(25)10-21-15(23)9-22-18(26)14-2-1-7-28-14/h1-7H,8-11H2,(H,20,24)(H,21,23)(H,22,26). The summed E-state index contributed by atoms with van der Waals surface area (Å²) in [6.45, 7) is -1.07. The molecule has 0 atom stereocenters. The highest BCUT2D eigenvalue weighted by Gasteiger charge is 2.11. The van der Waals surface area contributed by atoms with Gasteiger partial charge in [-0.2, -0.15) is 0 Å². The maximum absolute atomic E-state index is 12.8. The molecule has 0 saturated carbocycles. The van der Waals surface area contributed by atoms with Gasteiger partial charge in [0, 0.05) is 6.54 Å². The van der Waals surface area contributed by atoms with Crippen LogP contribution in [0.15, 0.2) is 41.8 Å². The zero-order valence-electron chi connectivity index (χ0n) is 14.7. The van der Waals surface area contributed by atoms with Gasteiger partial charge >= 0.3 is 5.97 Å². The molecule has 1 aromatic heterocycles. The fourth-order valence-electron chi connectivity index (χ4n) is 1.94. The molecule has 2 rings (SSSR count). The summed E-state index contributed by atoms with van der Waals surface area (Å²) in [5, 5.41) is 8.94. The molecule has 0 saturated heterocycles. The van der Waals surface area contributed by atoms with Gasteiger partial charge in [0.15, 0.2) is 6.61 Å². The quantitative estimate of drug-likeness (QED) is 0.527. The Balaban J connectivity index is 1.57. The molecular weight excluding hydrogens is 389 g/mol. The second-order valence-corrected chi connectivity index (χ2v) is 6.45. The smallest absolute Gasteiger partial charge is 0.325 e. The predicted octanol–water partition coefficient (Wildman–Crippen LogP) is 0.593. The normalized spacial score (nSPS) is 10.0. The minimum atomic E-state index is -0.796. The van der Waals surface area contributed by atoms with Crippen molar-refractivity contribution in [3.8, 4) is 0 Å². The molecule has 28 heavy (non-hydrogen) atoms. The lowest BCUT2D eigenvalue weighted by molar-refractivity contribution is -0.148. The van der Waals surface area contributed by atoms with Crippen molar-refractivity contribution in [2.75, 3.05) is 19.7 Å². The Morgan fingerprint density at radius 3 is 2.36 bits per heavy atom. The summed E-state index contributed by atoms with van der Waals surface area (Å²) in [7, 11) is 0. The minimum absolute atomic E-state index is 0.164. The molecule has 0 aliphatic heterocycles. The Hall–Kier alpha value is -3.27. The van der Waals surface area contributed by atoms with E-state index >= 15 is 0 Å². The van der Waals surface area contributed by atoms with Crippen LogP contribution in [-0.2, 0) is 25.7 Å². The summed E-state index contributed by atoms with van der Waals surface area (Å²) < 4.78 is 17.5. The predicted molar refractivity (Wildman–Crippen MR) is 98.9 cm³/mol. The van der Waals surface area contributed by atoms with Gasteiger partial charge in [-0.3, -0.25) is 19.2 Å². The van der Waals surface area contributed by atoms with Crippen LogP contribution < -0.4 is 16.0 Å². The lowest BCUT2D eigenvalue weighted by atomic mass is 10.2. The number of ether oxygens (including phenoxy) is 1. The van der Waals surface area contributed by atoms with Crippen molar-refractivity contribution in [3.63, 3.8) is 0 Å². The van der Waals surface area contributed by atoms with Gasteiger partial charge < -0.3 is 20.7 Å². The van der Waals surface area contributed by atoms with Gasteiger partial charge in [-0.1, -0.05) is 18.2 Å². The van der Waals surface area contributed by atoms with Gasteiger partial charge in [-0.15, -0.1) is 11.3 Å². The maximum Gasteiger partial charge on any atom is 0.325 e. The van der Waals surface area contributed by atoms with Crippen LogP contribution in [0.4, 0.5) is 4.39 Å². The number of halogens is 1. The maximum atomic E-state index is 12.8. The van der Waals surface area contributed by atoms with Crippen molar-refractivity contribution >= 4 is 35.0 Å². The molecule has 0 aliphatic rings. The number of amides is 3. The first kappa shape index (κ1) is 21.0. The first-order valence-electron chi connectivity index (χ1n) is 8.19. The SMILES string of the molecule is O=C(CNC(=O)c1cccs1)NCC(=O)OCC(=O)NCc1ccc(F)cc1. The molecular formula is C18H18FN3O5S. The summed E-state index contributed by atoms with van der Waals surface area (Å²) in [5.74, 6) is -2.66. The Morgan fingerprint density at radius 1 is 0.929 bits per heavy atom. The van der Waals surface area contributed by atoms with Crippen LogP contribution in [0.3, 0.4) is 0 Å². The Bertz CT molecular complexity index is 824. The number of benzene rings is 1. The minimum Gasteiger partial charge on any atom is -0.454 e. The van der Waals surface area contributed by atoms with Crippen LogP contribution in [-0.4, -0.2) is 43.4 Å².